The smallest absolute Gasteiger partial charge is 0.251 e. The number of rotatable bonds is 8. The molecule has 5 heteroatoms. The van der Waals surface area contributed by atoms with Crippen molar-refractivity contribution in [2.75, 3.05) is 13.7 Å². The van der Waals surface area contributed by atoms with Crippen LogP contribution < -0.4 is 10.1 Å². The topological polar surface area (TPSA) is 58.6 Å². The molecule has 0 fully saturated rings. The van der Waals surface area contributed by atoms with Gasteiger partial charge in [0.2, 0.25) is 5.91 Å². The third-order valence-electron chi connectivity index (χ3n) is 4.10. The molecule has 0 aliphatic heterocycles. The van der Waals surface area contributed by atoms with E-state index in [1.807, 2.05) is 49.1 Å². The third-order valence-corrected chi connectivity index (χ3v) is 4.10. The van der Waals surface area contributed by atoms with Gasteiger partial charge in [-0.05, 0) is 37.6 Å². The molecule has 1 N–H and O–H groups in total. The van der Waals surface area contributed by atoms with Gasteiger partial charge in [-0.15, -0.1) is 0 Å². The first-order valence-corrected chi connectivity index (χ1v) is 8.77. The van der Waals surface area contributed by atoms with Crippen LogP contribution in [0.1, 0.15) is 36.2 Å². The van der Waals surface area contributed by atoms with Crippen molar-refractivity contribution in [1.29, 1.82) is 0 Å². The maximum Gasteiger partial charge on any atom is 0.251 e. The van der Waals surface area contributed by atoms with Crippen LogP contribution in [0.3, 0.4) is 0 Å². The van der Waals surface area contributed by atoms with Crippen molar-refractivity contribution < 1.29 is 14.3 Å². The number of nitrogens with zero attached hydrogens (tertiary/aromatic N) is 1. The average Bonchev–Trinajstić information content (AvgIpc) is 2.66. The van der Waals surface area contributed by atoms with Crippen LogP contribution >= 0.6 is 0 Å². The highest BCUT2D eigenvalue weighted by Crippen LogP contribution is 2.13. The second-order valence-corrected chi connectivity index (χ2v) is 6.34. The lowest BCUT2D eigenvalue weighted by molar-refractivity contribution is -0.133. The molecule has 0 saturated heterocycles. The molecule has 2 rings (SSSR count). The number of hydrogen-bond acceptors (Lipinski definition) is 3. The van der Waals surface area contributed by atoms with Crippen molar-refractivity contribution in [2.45, 2.75) is 32.9 Å². The van der Waals surface area contributed by atoms with E-state index in [4.69, 9.17) is 4.74 Å². The Hall–Kier alpha value is -2.82. The monoisotopic (exact) mass is 354 g/mol. The minimum atomic E-state index is -0.212. The molecule has 0 atom stereocenters. The predicted octanol–water partition coefficient (Wildman–Crippen LogP) is 3.25. The van der Waals surface area contributed by atoms with Crippen LogP contribution in [0.15, 0.2) is 54.6 Å². The number of nitrogens with one attached hydrogen (secondary N) is 1. The molecule has 0 heterocycles. The van der Waals surface area contributed by atoms with Crippen LogP contribution in [0.25, 0.3) is 0 Å². The van der Waals surface area contributed by atoms with Crippen molar-refractivity contribution in [1.82, 2.24) is 10.2 Å². The summed E-state index contributed by atoms with van der Waals surface area (Å²) in [4.78, 5) is 26.6. The van der Waals surface area contributed by atoms with Gasteiger partial charge in [0.05, 0.1) is 7.11 Å². The molecule has 2 aromatic carbocycles. The van der Waals surface area contributed by atoms with Crippen LogP contribution in [0.2, 0.25) is 0 Å². The summed E-state index contributed by atoms with van der Waals surface area (Å²) in [7, 11) is 1.56. The second-order valence-electron chi connectivity index (χ2n) is 6.34. The largest absolute Gasteiger partial charge is 0.497 e. The average molecular weight is 354 g/mol. The lowest BCUT2D eigenvalue weighted by Crippen LogP contribution is -2.38. The first-order valence-electron chi connectivity index (χ1n) is 8.77. The van der Waals surface area contributed by atoms with Gasteiger partial charge in [0.25, 0.3) is 5.91 Å². The van der Waals surface area contributed by atoms with E-state index in [1.54, 1.807) is 31.4 Å². The zero-order chi connectivity index (χ0) is 18.9. The number of methoxy groups -OCH3 is 1. The number of ether oxygens (including phenoxy) is 1. The van der Waals surface area contributed by atoms with Gasteiger partial charge in [0, 0.05) is 31.1 Å². The Bertz CT molecular complexity index is 729. The zero-order valence-corrected chi connectivity index (χ0v) is 15.6. The maximum absolute atomic E-state index is 12.6. The van der Waals surface area contributed by atoms with E-state index in [0.717, 1.165) is 5.56 Å². The predicted molar refractivity (Wildman–Crippen MR) is 102 cm³/mol. The van der Waals surface area contributed by atoms with Gasteiger partial charge in [-0.25, -0.2) is 0 Å². The Balaban J connectivity index is 1.88. The number of carbonyl (C=O) groups is 2. The van der Waals surface area contributed by atoms with Gasteiger partial charge in [-0.2, -0.15) is 0 Å². The molecule has 0 spiro atoms. The summed E-state index contributed by atoms with van der Waals surface area (Å²) in [6.07, 6.45) is 0.265. The molecule has 2 amide bonds. The fourth-order valence-corrected chi connectivity index (χ4v) is 2.63. The van der Waals surface area contributed by atoms with Gasteiger partial charge >= 0.3 is 0 Å². The standard InChI is InChI=1S/C21H26N2O3/c1-16(2)23(15-17-8-5-4-6-9-17)20(24)12-13-22-21(25)18-10-7-11-19(14-18)26-3/h4-11,14,16H,12-13,15H2,1-3H3,(H,22,25). The Morgan fingerprint density at radius 1 is 1.08 bits per heavy atom. The molecule has 0 bridgehead atoms. The first-order chi connectivity index (χ1) is 12.5. The Kier molecular flexibility index (Phi) is 7.21. The van der Waals surface area contributed by atoms with E-state index in [2.05, 4.69) is 5.32 Å². The Morgan fingerprint density at radius 2 is 1.81 bits per heavy atom. The summed E-state index contributed by atoms with van der Waals surface area (Å²) in [5.74, 6) is 0.438. The second kappa shape index (κ2) is 9.61. The lowest BCUT2D eigenvalue weighted by Gasteiger charge is -2.27. The highest BCUT2D eigenvalue weighted by atomic mass is 16.5. The molecule has 138 valence electrons. The Morgan fingerprint density at radius 3 is 2.46 bits per heavy atom. The van der Waals surface area contributed by atoms with Gasteiger partial charge in [0.1, 0.15) is 5.75 Å². The number of carbonyl (C=O) groups excluding carboxylic acids is 2. The molecular formula is C21H26N2O3. The number of amides is 2. The lowest BCUT2D eigenvalue weighted by atomic mass is 10.1. The van der Waals surface area contributed by atoms with Gasteiger partial charge in [0.15, 0.2) is 0 Å². The molecule has 0 aliphatic rings. The molecule has 2 aromatic rings. The number of hydrogen-bond donors (Lipinski definition) is 1. The van der Waals surface area contributed by atoms with E-state index >= 15 is 0 Å². The van der Waals surface area contributed by atoms with Crippen LogP contribution in [-0.4, -0.2) is 36.4 Å². The van der Waals surface area contributed by atoms with Crippen LogP contribution in [0.4, 0.5) is 0 Å². The highest BCUT2D eigenvalue weighted by Gasteiger charge is 2.17. The SMILES string of the molecule is COc1cccc(C(=O)NCCC(=O)N(Cc2ccccc2)C(C)C)c1. The fraction of sp³-hybridized carbons (Fsp3) is 0.333. The quantitative estimate of drug-likeness (QED) is 0.792. The summed E-state index contributed by atoms with van der Waals surface area (Å²) >= 11 is 0. The normalized spacial score (nSPS) is 10.5. The molecule has 0 aromatic heterocycles. The summed E-state index contributed by atoms with van der Waals surface area (Å²) in [6.45, 7) is 4.86. The minimum Gasteiger partial charge on any atom is -0.497 e. The van der Waals surface area contributed by atoms with Gasteiger partial charge in [-0.1, -0.05) is 36.4 Å². The van der Waals surface area contributed by atoms with Crippen LogP contribution in [0.5, 0.6) is 5.75 Å². The van der Waals surface area contributed by atoms with Crippen molar-refractivity contribution in [2.24, 2.45) is 0 Å². The van der Waals surface area contributed by atoms with E-state index in [9.17, 15) is 9.59 Å². The van der Waals surface area contributed by atoms with Gasteiger partial charge in [-0.3, -0.25) is 9.59 Å². The van der Waals surface area contributed by atoms with Crippen molar-refractivity contribution in [3.8, 4) is 5.75 Å². The Labute approximate surface area is 155 Å². The third kappa shape index (κ3) is 5.62. The first kappa shape index (κ1) is 19.5. The van der Waals surface area contributed by atoms with Crippen molar-refractivity contribution >= 4 is 11.8 Å². The fourth-order valence-electron chi connectivity index (χ4n) is 2.63. The molecule has 0 radical (unpaired) electrons. The molecule has 5 nitrogen and oxygen atoms in total. The molecule has 0 saturated carbocycles. The van der Waals surface area contributed by atoms with Crippen molar-refractivity contribution in [3.05, 3.63) is 65.7 Å². The van der Waals surface area contributed by atoms with Gasteiger partial charge < -0.3 is 15.0 Å². The van der Waals surface area contributed by atoms with E-state index in [0.29, 0.717) is 24.4 Å². The van der Waals surface area contributed by atoms with Crippen LogP contribution in [-0.2, 0) is 11.3 Å². The maximum atomic E-state index is 12.6. The van der Waals surface area contributed by atoms with E-state index < -0.39 is 0 Å². The van der Waals surface area contributed by atoms with Crippen LogP contribution in [0, 0.1) is 0 Å². The molecule has 0 aliphatic carbocycles. The van der Waals surface area contributed by atoms with Crippen molar-refractivity contribution in [3.63, 3.8) is 0 Å². The number of benzene rings is 2. The molecular weight excluding hydrogens is 328 g/mol. The summed E-state index contributed by atoms with van der Waals surface area (Å²) in [5, 5.41) is 2.80. The summed E-state index contributed by atoms with van der Waals surface area (Å²) < 4.78 is 5.12. The van der Waals surface area contributed by atoms with E-state index in [-0.39, 0.29) is 24.3 Å². The highest BCUT2D eigenvalue weighted by molar-refractivity contribution is 5.94. The summed E-state index contributed by atoms with van der Waals surface area (Å²) in [5.41, 5.74) is 1.61. The minimum absolute atomic E-state index is 0.0230. The zero-order valence-electron chi connectivity index (χ0n) is 15.6. The summed E-state index contributed by atoms with van der Waals surface area (Å²) in [6, 6.07) is 16.9. The van der Waals surface area contributed by atoms with E-state index in [1.165, 1.54) is 0 Å². The molecule has 26 heavy (non-hydrogen) atoms. The molecule has 0 unspecified atom stereocenters.